The van der Waals surface area contributed by atoms with Gasteiger partial charge in [0.25, 0.3) is 0 Å². The van der Waals surface area contributed by atoms with Gasteiger partial charge in [-0.25, -0.2) is 9.98 Å². The van der Waals surface area contributed by atoms with Crippen LogP contribution in [0.1, 0.15) is 37.8 Å². The molecule has 0 spiro atoms. The minimum Gasteiger partial charge on any atom is -0.370 e. The number of rotatable bonds is 5. The number of hydrogen-bond donors (Lipinski definition) is 2. The largest absolute Gasteiger partial charge is 0.370 e. The van der Waals surface area contributed by atoms with Crippen LogP contribution >= 0.6 is 24.0 Å². The molecule has 1 fully saturated rings. The number of hydrogen-bond acceptors (Lipinski definition) is 3. The van der Waals surface area contributed by atoms with Gasteiger partial charge < -0.3 is 16.0 Å². The summed E-state index contributed by atoms with van der Waals surface area (Å²) in [4.78, 5) is 11.4. The fraction of sp³-hybridized carbons (Fsp3) is 0.429. The minimum absolute atomic E-state index is 0. The van der Waals surface area contributed by atoms with Crippen molar-refractivity contribution in [1.29, 1.82) is 0 Å². The number of piperidine rings is 1. The van der Waals surface area contributed by atoms with E-state index in [2.05, 4.69) is 58.3 Å². The number of aliphatic imine (C=N–C) groups is 1. The molecule has 1 aromatic carbocycles. The zero-order chi connectivity index (χ0) is 18.4. The molecule has 1 aliphatic rings. The lowest BCUT2D eigenvalue weighted by atomic mass is 9.99. The lowest BCUT2D eigenvalue weighted by Gasteiger charge is -2.31. The van der Waals surface area contributed by atoms with E-state index in [1.165, 1.54) is 18.4 Å². The summed E-state index contributed by atoms with van der Waals surface area (Å²) in [6.45, 7) is 7.18. The maximum absolute atomic E-state index is 6.02. The van der Waals surface area contributed by atoms with Gasteiger partial charge in [-0.1, -0.05) is 32.0 Å². The fourth-order valence-corrected chi connectivity index (χ4v) is 3.17. The van der Waals surface area contributed by atoms with Crippen LogP contribution in [0.5, 0.6) is 0 Å². The third kappa shape index (κ3) is 6.37. The van der Waals surface area contributed by atoms with Crippen molar-refractivity contribution >= 4 is 41.4 Å². The summed E-state index contributed by atoms with van der Waals surface area (Å²) in [6, 6.07) is 12.4. The molecule has 2 aromatic rings. The number of nitrogens with one attached hydrogen (secondary N) is 1. The quantitative estimate of drug-likeness (QED) is 0.379. The van der Waals surface area contributed by atoms with Crippen LogP contribution in [-0.2, 0) is 13.0 Å². The number of nitrogens with zero attached hydrogens (tertiary/aromatic N) is 3. The monoisotopic (exact) mass is 479 g/mol. The Labute approximate surface area is 179 Å². The van der Waals surface area contributed by atoms with Gasteiger partial charge in [0, 0.05) is 25.0 Å². The molecule has 5 nitrogen and oxygen atoms in total. The van der Waals surface area contributed by atoms with E-state index < -0.39 is 0 Å². The van der Waals surface area contributed by atoms with E-state index >= 15 is 0 Å². The predicted molar refractivity (Wildman–Crippen MR) is 125 cm³/mol. The van der Waals surface area contributed by atoms with Crippen LogP contribution < -0.4 is 16.0 Å². The van der Waals surface area contributed by atoms with Gasteiger partial charge in [-0.05, 0) is 54.5 Å². The summed E-state index contributed by atoms with van der Waals surface area (Å²) >= 11 is 0. The molecule has 27 heavy (non-hydrogen) atoms. The van der Waals surface area contributed by atoms with E-state index in [0.717, 1.165) is 42.5 Å². The Balaban J connectivity index is 0.00000261. The van der Waals surface area contributed by atoms with Gasteiger partial charge >= 0.3 is 0 Å². The van der Waals surface area contributed by atoms with Crippen LogP contribution in [0.4, 0.5) is 11.5 Å². The summed E-state index contributed by atoms with van der Waals surface area (Å²) in [5.41, 5.74) is 9.32. The van der Waals surface area contributed by atoms with Gasteiger partial charge in [0.2, 0.25) is 0 Å². The van der Waals surface area contributed by atoms with E-state index in [4.69, 9.17) is 5.73 Å². The molecule has 0 unspecified atom stereocenters. The van der Waals surface area contributed by atoms with Crippen molar-refractivity contribution < 1.29 is 0 Å². The van der Waals surface area contributed by atoms with Gasteiger partial charge in [0.05, 0.1) is 6.54 Å². The zero-order valence-corrected chi connectivity index (χ0v) is 18.5. The molecule has 3 rings (SSSR count). The molecule has 0 radical (unpaired) electrons. The second-order valence-corrected chi connectivity index (χ2v) is 7.07. The maximum atomic E-state index is 6.02. The van der Waals surface area contributed by atoms with Crippen molar-refractivity contribution in [1.82, 2.24) is 4.98 Å². The number of aryl methyl sites for hydroxylation is 1. The Morgan fingerprint density at radius 1 is 1.22 bits per heavy atom. The molecule has 0 bridgehead atoms. The van der Waals surface area contributed by atoms with Crippen LogP contribution in [-0.4, -0.2) is 24.0 Å². The van der Waals surface area contributed by atoms with Gasteiger partial charge in [0.15, 0.2) is 5.96 Å². The summed E-state index contributed by atoms with van der Waals surface area (Å²) in [5, 5.41) is 3.15. The second-order valence-electron chi connectivity index (χ2n) is 7.07. The highest BCUT2D eigenvalue weighted by atomic mass is 127. The van der Waals surface area contributed by atoms with Gasteiger partial charge in [-0.15, -0.1) is 24.0 Å². The molecule has 1 saturated heterocycles. The number of pyridine rings is 1. The Hall–Kier alpha value is -1.83. The molecule has 0 atom stereocenters. The Morgan fingerprint density at radius 3 is 2.67 bits per heavy atom. The number of nitrogens with two attached hydrogens (primary N) is 1. The molecule has 6 heteroatoms. The molecule has 3 N–H and O–H groups in total. The minimum atomic E-state index is 0. The standard InChI is InChI=1S/C21H29N5.HI/c1-3-17-5-4-6-19(13-17)25-21(22)24-15-18-7-8-20(23-14-18)26-11-9-16(2)10-12-26;/h4-8,13-14,16H,3,9-12,15H2,1-2H3,(H3,22,24,25);1H. The first kappa shape index (κ1) is 21.5. The normalized spacial score (nSPS) is 15.3. The molecule has 1 aliphatic heterocycles. The Morgan fingerprint density at radius 2 is 2.00 bits per heavy atom. The zero-order valence-electron chi connectivity index (χ0n) is 16.2. The first-order valence-corrected chi connectivity index (χ1v) is 9.50. The molecule has 0 aliphatic carbocycles. The van der Waals surface area contributed by atoms with Crippen molar-refractivity contribution in [3.63, 3.8) is 0 Å². The molecule has 0 amide bonds. The lowest BCUT2D eigenvalue weighted by Crippen LogP contribution is -2.33. The Kier molecular flexibility index (Phi) is 8.34. The van der Waals surface area contributed by atoms with Gasteiger partial charge in [-0.3, -0.25) is 0 Å². The van der Waals surface area contributed by atoms with Crippen molar-refractivity contribution in [2.45, 2.75) is 39.7 Å². The number of guanidine groups is 1. The number of benzene rings is 1. The van der Waals surface area contributed by atoms with Crippen LogP contribution in [0, 0.1) is 5.92 Å². The van der Waals surface area contributed by atoms with Gasteiger partial charge in [-0.2, -0.15) is 0 Å². The van der Waals surface area contributed by atoms with Crippen molar-refractivity contribution in [3.8, 4) is 0 Å². The molecule has 1 aromatic heterocycles. The van der Waals surface area contributed by atoms with Crippen LogP contribution in [0.25, 0.3) is 0 Å². The SMILES string of the molecule is CCc1cccc(NC(N)=NCc2ccc(N3CCC(C)CC3)nc2)c1.I. The first-order valence-electron chi connectivity index (χ1n) is 9.50. The fourth-order valence-electron chi connectivity index (χ4n) is 3.17. The van der Waals surface area contributed by atoms with E-state index in [0.29, 0.717) is 12.5 Å². The predicted octanol–water partition coefficient (Wildman–Crippen LogP) is 4.43. The third-order valence-corrected chi connectivity index (χ3v) is 4.96. The highest BCUT2D eigenvalue weighted by Gasteiger charge is 2.16. The highest BCUT2D eigenvalue weighted by Crippen LogP contribution is 2.21. The van der Waals surface area contributed by atoms with Crippen molar-refractivity contribution in [3.05, 3.63) is 53.7 Å². The number of halogens is 1. The van der Waals surface area contributed by atoms with E-state index in [-0.39, 0.29) is 24.0 Å². The number of anilines is 2. The van der Waals surface area contributed by atoms with E-state index in [1.54, 1.807) is 0 Å². The number of aromatic nitrogens is 1. The summed E-state index contributed by atoms with van der Waals surface area (Å²) in [6.07, 6.45) is 5.40. The molecular formula is C21H30IN5. The molecular weight excluding hydrogens is 449 g/mol. The molecule has 0 saturated carbocycles. The third-order valence-electron chi connectivity index (χ3n) is 4.96. The van der Waals surface area contributed by atoms with Crippen LogP contribution in [0.2, 0.25) is 0 Å². The van der Waals surface area contributed by atoms with Crippen LogP contribution in [0.3, 0.4) is 0 Å². The van der Waals surface area contributed by atoms with Crippen molar-refractivity contribution in [2.75, 3.05) is 23.3 Å². The van der Waals surface area contributed by atoms with E-state index in [1.807, 2.05) is 18.3 Å². The van der Waals surface area contributed by atoms with Crippen LogP contribution in [0.15, 0.2) is 47.6 Å². The highest BCUT2D eigenvalue weighted by molar-refractivity contribution is 14.0. The topological polar surface area (TPSA) is 66.5 Å². The molecule has 2 heterocycles. The summed E-state index contributed by atoms with van der Waals surface area (Å²) < 4.78 is 0. The van der Waals surface area contributed by atoms with Crippen molar-refractivity contribution in [2.24, 2.45) is 16.6 Å². The molecule has 146 valence electrons. The Bertz CT molecular complexity index is 736. The first-order chi connectivity index (χ1) is 12.6. The van der Waals surface area contributed by atoms with E-state index in [9.17, 15) is 0 Å². The smallest absolute Gasteiger partial charge is 0.193 e. The summed E-state index contributed by atoms with van der Waals surface area (Å²) in [5.74, 6) is 2.31. The average Bonchev–Trinajstić information content (AvgIpc) is 2.67. The van der Waals surface area contributed by atoms with Gasteiger partial charge in [0.1, 0.15) is 5.82 Å². The average molecular weight is 479 g/mol. The lowest BCUT2D eigenvalue weighted by molar-refractivity contribution is 0.436. The summed E-state index contributed by atoms with van der Waals surface area (Å²) in [7, 11) is 0. The second kappa shape index (κ2) is 10.5. The maximum Gasteiger partial charge on any atom is 0.193 e.